The fourth-order valence-corrected chi connectivity index (χ4v) is 1.86. The molecule has 0 fully saturated rings. The van der Waals surface area contributed by atoms with Crippen LogP contribution in [-0.2, 0) is 0 Å². The number of hydrogen-bond acceptors (Lipinski definition) is 2. The van der Waals surface area contributed by atoms with E-state index in [1.807, 2.05) is 48.5 Å². The van der Waals surface area contributed by atoms with E-state index in [0.717, 1.165) is 11.1 Å². The standard InChI is InChI=1S/C18H14O2/c1-3-13-19-17-12-8-11-16(18(17)20-14-4-2)15-9-6-5-7-10-15/h1-2,5-12H,13-14H2. The van der Waals surface area contributed by atoms with Gasteiger partial charge in [0.1, 0.15) is 13.2 Å². The van der Waals surface area contributed by atoms with E-state index in [1.54, 1.807) is 0 Å². The molecule has 0 saturated heterocycles. The molecule has 0 aromatic heterocycles. The Hall–Kier alpha value is -2.84. The molecule has 0 spiro atoms. The summed E-state index contributed by atoms with van der Waals surface area (Å²) in [4.78, 5) is 0. The minimum Gasteiger partial charge on any atom is -0.477 e. The van der Waals surface area contributed by atoms with E-state index in [4.69, 9.17) is 22.3 Å². The number of benzene rings is 2. The van der Waals surface area contributed by atoms with Crippen molar-refractivity contribution < 1.29 is 9.47 Å². The number of hydrogen-bond donors (Lipinski definition) is 0. The van der Waals surface area contributed by atoms with E-state index in [-0.39, 0.29) is 13.2 Å². The second kappa shape index (κ2) is 6.92. The van der Waals surface area contributed by atoms with Gasteiger partial charge in [0.15, 0.2) is 11.5 Å². The Bertz CT molecular complexity index is 645. The molecule has 0 aliphatic heterocycles. The van der Waals surface area contributed by atoms with Crippen LogP contribution in [0.3, 0.4) is 0 Å². The van der Waals surface area contributed by atoms with Crippen molar-refractivity contribution in [2.24, 2.45) is 0 Å². The molecule has 2 nitrogen and oxygen atoms in total. The van der Waals surface area contributed by atoms with E-state index in [2.05, 4.69) is 11.8 Å². The third-order valence-corrected chi connectivity index (χ3v) is 2.67. The van der Waals surface area contributed by atoms with Crippen LogP contribution >= 0.6 is 0 Å². The maximum atomic E-state index is 5.64. The van der Waals surface area contributed by atoms with Crippen molar-refractivity contribution in [2.45, 2.75) is 0 Å². The summed E-state index contributed by atoms with van der Waals surface area (Å²) in [5, 5.41) is 0. The molecule has 2 heteroatoms. The lowest BCUT2D eigenvalue weighted by molar-refractivity contribution is 0.315. The summed E-state index contributed by atoms with van der Waals surface area (Å²) in [6.45, 7) is 0.362. The maximum Gasteiger partial charge on any atom is 0.170 e. The van der Waals surface area contributed by atoms with Gasteiger partial charge >= 0.3 is 0 Å². The second-order valence-corrected chi connectivity index (χ2v) is 3.98. The molecule has 0 saturated carbocycles. The first kappa shape index (κ1) is 13.6. The molecule has 2 rings (SSSR count). The van der Waals surface area contributed by atoms with Crippen LogP contribution in [0, 0.1) is 24.7 Å². The summed E-state index contributed by atoms with van der Waals surface area (Å²) in [6, 6.07) is 15.6. The first-order valence-electron chi connectivity index (χ1n) is 6.17. The van der Waals surface area contributed by atoms with E-state index in [0.29, 0.717) is 11.5 Å². The first-order valence-corrected chi connectivity index (χ1v) is 6.17. The second-order valence-electron chi connectivity index (χ2n) is 3.98. The van der Waals surface area contributed by atoms with Gasteiger partial charge in [0.05, 0.1) is 0 Å². The van der Waals surface area contributed by atoms with E-state index in [1.165, 1.54) is 0 Å². The van der Waals surface area contributed by atoms with Crippen molar-refractivity contribution in [1.29, 1.82) is 0 Å². The molecule has 0 aliphatic carbocycles. The van der Waals surface area contributed by atoms with Gasteiger partial charge < -0.3 is 9.47 Å². The predicted molar refractivity (Wildman–Crippen MR) is 80.5 cm³/mol. The van der Waals surface area contributed by atoms with Crippen LogP contribution in [0.1, 0.15) is 0 Å². The van der Waals surface area contributed by atoms with Gasteiger partial charge in [0, 0.05) is 5.56 Å². The van der Waals surface area contributed by atoms with Crippen molar-refractivity contribution in [1.82, 2.24) is 0 Å². The lowest BCUT2D eigenvalue weighted by atomic mass is 10.0. The van der Waals surface area contributed by atoms with E-state index >= 15 is 0 Å². The Balaban J connectivity index is 2.45. The topological polar surface area (TPSA) is 18.5 Å². The third kappa shape index (κ3) is 3.13. The molecule has 2 aromatic carbocycles. The zero-order valence-electron chi connectivity index (χ0n) is 11.0. The maximum absolute atomic E-state index is 5.64. The summed E-state index contributed by atoms with van der Waals surface area (Å²) in [5.41, 5.74) is 1.96. The molecule has 0 N–H and O–H groups in total. The van der Waals surface area contributed by atoms with Gasteiger partial charge in [-0.2, -0.15) is 0 Å². The Morgan fingerprint density at radius 2 is 1.50 bits per heavy atom. The van der Waals surface area contributed by atoms with Crippen molar-refractivity contribution in [3.63, 3.8) is 0 Å². The highest BCUT2D eigenvalue weighted by Crippen LogP contribution is 2.38. The lowest BCUT2D eigenvalue weighted by Crippen LogP contribution is -2.01. The van der Waals surface area contributed by atoms with Crippen LogP contribution in [0.25, 0.3) is 11.1 Å². The van der Waals surface area contributed by atoms with Crippen LogP contribution in [0.15, 0.2) is 48.5 Å². The van der Waals surface area contributed by atoms with Gasteiger partial charge in [-0.25, -0.2) is 0 Å². The molecule has 0 amide bonds. The monoisotopic (exact) mass is 262 g/mol. The summed E-state index contributed by atoms with van der Waals surface area (Å²) in [5.74, 6) is 6.12. The smallest absolute Gasteiger partial charge is 0.170 e. The van der Waals surface area contributed by atoms with Crippen molar-refractivity contribution in [3.05, 3.63) is 48.5 Å². The quantitative estimate of drug-likeness (QED) is 0.769. The van der Waals surface area contributed by atoms with Crippen molar-refractivity contribution in [3.8, 4) is 47.3 Å². The average molecular weight is 262 g/mol. The van der Waals surface area contributed by atoms with Crippen molar-refractivity contribution >= 4 is 0 Å². The highest BCUT2D eigenvalue weighted by Gasteiger charge is 2.12. The fraction of sp³-hybridized carbons (Fsp3) is 0.111. The SMILES string of the molecule is C#CCOc1cccc(-c2ccccc2)c1OCC#C. The van der Waals surface area contributed by atoms with Gasteiger partial charge in [-0.1, -0.05) is 54.3 Å². The number of ether oxygens (including phenoxy) is 2. The van der Waals surface area contributed by atoms with Crippen molar-refractivity contribution in [2.75, 3.05) is 13.2 Å². The summed E-state index contributed by atoms with van der Waals surface area (Å²) in [6.07, 6.45) is 10.5. The number of terminal acetylenes is 2. The summed E-state index contributed by atoms with van der Waals surface area (Å²) >= 11 is 0. The van der Waals surface area contributed by atoms with Crippen LogP contribution in [0.5, 0.6) is 11.5 Å². The molecule has 20 heavy (non-hydrogen) atoms. The Labute approximate surface area is 119 Å². The highest BCUT2D eigenvalue weighted by atomic mass is 16.5. The summed E-state index contributed by atoms with van der Waals surface area (Å²) < 4.78 is 11.2. The predicted octanol–water partition coefficient (Wildman–Crippen LogP) is 3.38. The fourth-order valence-electron chi connectivity index (χ4n) is 1.86. The molecular formula is C18H14O2. The molecule has 0 heterocycles. The van der Waals surface area contributed by atoms with Crippen LogP contribution in [0.4, 0.5) is 0 Å². The first-order chi connectivity index (χ1) is 9.86. The van der Waals surface area contributed by atoms with Gasteiger partial charge in [-0.3, -0.25) is 0 Å². The molecule has 0 unspecified atom stereocenters. The Kier molecular flexibility index (Phi) is 4.70. The summed E-state index contributed by atoms with van der Waals surface area (Å²) in [7, 11) is 0. The third-order valence-electron chi connectivity index (χ3n) is 2.67. The Morgan fingerprint density at radius 3 is 2.20 bits per heavy atom. The molecule has 0 bridgehead atoms. The van der Waals surface area contributed by atoms with Crippen LogP contribution in [-0.4, -0.2) is 13.2 Å². The van der Waals surface area contributed by atoms with E-state index < -0.39 is 0 Å². The molecule has 0 atom stereocenters. The number of rotatable bonds is 5. The molecule has 0 radical (unpaired) electrons. The zero-order valence-corrected chi connectivity index (χ0v) is 11.0. The number of para-hydroxylation sites is 1. The Morgan fingerprint density at radius 1 is 0.800 bits per heavy atom. The van der Waals surface area contributed by atoms with Gasteiger partial charge in [-0.15, -0.1) is 12.8 Å². The van der Waals surface area contributed by atoms with Gasteiger partial charge in [-0.05, 0) is 11.6 Å². The van der Waals surface area contributed by atoms with Crippen LogP contribution in [0.2, 0.25) is 0 Å². The molecule has 2 aromatic rings. The molecule has 98 valence electrons. The molecule has 0 aliphatic rings. The van der Waals surface area contributed by atoms with E-state index in [9.17, 15) is 0 Å². The zero-order chi connectivity index (χ0) is 14.2. The van der Waals surface area contributed by atoms with Gasteiger partial charge in [0.25, 0.3) is 0 Å². The normalized spacial score (nSPS) is 9.30. The minimum absolute atomic E-state index is 0.177. The minimum atomic E-state index is 0.177. The largest absolute Gasteiger partial charge is 0.477 e. The van der Waals surface area contributed by atoms with Crippen LogP contribution < -0.4 is 9.47 Å². The average Bonchev–Trinajstić information content (AvgIpc) is 2.52. The lowest BCUT2D eigenvalue weighted by Gasteiger charge is -2.14. The van der Waals surface area contributed by atoms with Gasteiger partial charge in [0.2, 0.25) is 0 Å². The molecular weight excluding hydrogens is 248 g/mol. The highest BCUT2D eigenvalue weighted by molar-refractivity contribution is 5.73.